The van der Waals surface area contributed by atoms with Gasteiger partial charge in [0.1, 0.15) is 5.82 Å². The van der Waals surface area contributed by atoms with E-state index in [1.165, 1.54) is 31.5 Å². The van der Waals surface area contributed by atoms with Crippen molar-refractivity contribution < 1.29 is 0 Å². The Kier molecular flexibility index (Phi) is 4.81. The van der Waals surface area contributed by atoms with E-state index in [9.17, 15) is 0 Å². The Morgan fingerprint density at radius 3 is 2.83 bits per heavy atom. The van der Waals surface area contributed by atoms with Crippen LogP contribution in [0.25, 0.3) is 0 Å². The fourth-order valence-corrected chi connectivity index (χ4v) is 2.75. The van der Waals surface area contributed by atoms with Crippen molar-refractivity contribution in [2.75, 3.05) is 6.54 Å². The van der Waals surface area contributed by atoms with Crippen LogP contribution in [0.4, 0.5) is 0 Å². The fraction of sp³-hybridized carbons (Fsp3) is 0.800. The molecular weight excluding hydrogens is 222 g/mol. The maximum Gasteiger partial charge on any atom is 0.108 e. The van der Waals surface area contributed by atoms with Gasteiger partial charge in [-0.05, 0) is 44.1 Å². The van der Waals surface area contributed by atoms with Crippen molar-refractivity contribution in [2.45, 2.75) is 52.0 Å². The molecule has 1 aliphatic rings. The summed E-state index contributed by atoms with van der Waals surface area (Å²) in [7, 11) is 2.08. The third kappa shape index (κ3) is 3.58. The molecule has 1 aromatic rings. The van der Waals surface area contributed by atoms with E-state index in [1.807, 2.05) is 12.4 Å². The second kappa shape index (κ2) is 6.37. The van der Waals surface area contributed by atoms with E-state index in [0.29, 0.717) is 6.04 Å². The normalized spacial score (nSPS) is 18.8. The zero-order chi connectivity index (χ0) is 13.0. The van der Waals surface area contributed by atoms with E-state index >= 15 is 0 Å². The van der Waals surface area contributed by atoms with Crippen molar-refractivity contribution in [2.24, 2.45) is 18.9 Å². The van der Waals surface area contributed by atoms with E-state index in [1.54, 1.807) is 0 Å². The molecule has 2 atom stereocenters. The molecule has 102 valence electrons. The molecule has 1 heterocycles. The number of hydrogen-bond donors (Lipinski definition) is 1. The number of rotatable bonds is 8. The Labute approximate surface area is 111 Å². The molecule has 1 saturated carbocycles. The lowest BCUT2D eigenvalue weighted by atomic mass is 9.92. The average molecular weight is 249 g/mol. The minimum Gasteiger partial charge on any atom is -0.338 e. The first-order chi connectivity index (χ1) is 8.72. The Bertz CT molecular complexity index is 354. The van der Waals surface area contributed by atoms with Crippen LogP contribution in [0.3, 0.4) is 0 Å². The Balaban J connectivity index is 1.85. The van der Waals surface area contributed by atoms with Gasteiger partial charge in [0.15, 0.2) is 0 Å². The number of nitrogens with one attached hydrogen (secondary N) is 1. The van der Waals surface area contributed by atoms with Gasteiger partial charge >= 0.3 is 0 Å². The molecule has 0 amide bonds. The van der Waals surface area contributed by atoms with Crippen molar-refractivity contribution in [3.8, 4) is 0 Å². The lowest BCUT2D eigenvalue weighted by Gasteiger charge is -2.25. The van der Waals surface area contributed by atoms with Gasteiger partial charge in [-0.1, -0.05) is 13.8 Å². The largest absolute Gasteiger partial charge is 0.338 e. The molecule has 1 N–H and O–H groups in total. The SMILES string of the molecule is CCCNC(CCc1nccn1C)C(C)C1CC1. The highest BCUT2D eigenvalue weighted by Crippen LogP contribution is 2.39. The molecule has 3 heteroatoms. The van der Waals surface area contributed by atoms with E-state index in [4.69, 9.17) is 0 Å². The molecule has 0 saturated heterocycles. The van der Waals surface area contributed by atoms with Gasteiger partial charge in [0.25, 0.3) is 0 Å². The van der Waals surface area contributed by atoms with Crippen LogP contribution in [-0.2, 0) is 13.5 Å². The van der Waals surface area contributed by atoms with Gasteiger partial charge in [0.2, 0.25) is 0 Å². The van der Waals surface area contributed by atoms with Gasteiger partial charge in [0, 0.05) is 31.9 Å². The molecule has 2 rings (SSSR count). The third-order valence-electron chi connectivity index (χ3n) is 4.26. The Hall–Kier alpha value is -0.830. The molecular formula is C15H27N3. The van der Waals surface area contributed by atoms with Crippen LogP contribution in [0.5, 0.6) is 0 Å². The fourth-order valence-electron chi connectivity index (χ4n) is 2.75. The van der Waals surface area contributed by atoms with Crippen molar-refractivity contribution in [3.05, 3.63) is 18.2 Å². The molecule has 3 nitrogen and oxygen atoms in total. The molecule has 1 aliphatic carbocycles. The second-order valence-corrected chi connectivity index (χ2v) is 5.75. The summed E-state index contributed by atoms with van der Waals surface area (Å²) in [6.45, 7) is 5.80. The number of imidazole rings is 1. The number of aryl methyl sites for hydroxylation is 2. The summed E-state index contributed by atoms with van der Waals surface area (Å²) in [5.41, 5.74) is 0. The summed E-state index contributed by atoms with van der Waals surface area (Å²) in [6, 6.07) is 0.661. The molecule has 2 unspecified atom stereocenters. The van der Waals surface area contributed by atoms with Gasteiger partial charge in [-0.3, -0.25) is 0 Å². The van der Waals surface area contributed by atoms with Gasteiger partial charge < -0.3 is 9.88 Å². The van der Waals surface area contributed by atoms with Crippen molar-refractivity contribution in [1.82, 2.24) is 14.9 Å². The Morgan fingerprint density at radius 1 is 1.50 bits per heavy atom. The van der Waals surface area contributed by atoms with Crippen LogP contribution in [0, 0.1) is 11.8 Å². The summed E-state index contributed by atoms with van der Waals surface area (Å²) in [4.78, 5) is 4.42. The van der Waals surface area contributed by atoms with Crippen molar-refractivity contribution >= 4 is 0 Å². The van der Waals surface area contributed by atoms with Crippen LogP contribution in [0.15, 0.2) is 12.4 Å². The minimum atomic E-state index is 0.661. The molecule has 0 bridgehead atoms. The maximum absolute atomic E-state index is 4.42. The summed E-state index contributed by atoms with van der Waals surface area (Å²) in [5, 5.41) is 3.74. The molecule has 0 radical (unpaired) electrons. The van der Waals surface area contributed by atoms with Crippen LogP contribution < -0.4 is 5.32 Å². The zero-order valence-electron chi connectivity index (χ0n) is 12.0. The zero-order valence-corrected chi connectivity index (χ0v) is 12.0. The predicted molar refractivity (Wildman–Crippen MR) is 75.5 cm³/mol. The summed E-state index contributed by atoms with van der Waals surface area (Å²) < 4.78 is 2.14. The average Bonchev–Trinajstić information content (AvgIpc) is 3.13. The summed E-state index contributed by atoms with van der Waals surface area (Å²) in [6.07, 6.45) is 10.3. The number of nitrogens with zero attached hydrogens (tertiary/aromatic N) is 2. The first kappa shape index (κ1) is 13.6. The molecule has 18 heavy (non-hydrogen) atoms. The minimum absolute atomic E-state index is 0.661. The highest BCUT2D eigenvalue weighted by Gasteiger charge is 2.32. The quantitative estimate of drug-likeness (QED) is 0.768. The summed E-state index contributed by atoms with van der Waals surface area (Å²) >= 11 is 0. The smallest absolute Gasteiger partial charge is 0.108 e. The second-order valence-electron chi connectivity index (χ2n) is 5.75. The molecule has 1 aromatic heterocycles. The van der Waals surface area contributed by atoms with Crippen LogP contribution in [0.2, 0.25) is 0 Å². The van der Waals surface area contributed by atoms with E-state index in [0.717, 1.165) is 24.8 Å². The van der Waals surface area contributed by atoms with Crippen LogP contribution in [0.1, 0.15) is 45.4 Å². The van der Waals surface area contributed by atoms with Gasteiger partial charge in [-0.15, -0.1) is 0 Å². The highest BCUT2D eigenvalue weighted by atomic mass is 15.0. The highest BCUT2D eigenvalue weighted by molar-refractivity contribution is 4.94. The standard InChI is InChI=1S/C15H27N3/c1-4-9-16-14(12(2)13-5-6-13)7-8-15-17-10-11-18(15)3/h10-14,16H,4-9H2,1-3H3. The molecule has 1 fully saturated rings. The topological polar surface area (TPSA) is 29.9 Å². The van der Waals surface area contributed by atoms with Crippen molar-refractivity contribution in [1.29, 1.82) is 0 Å². The summed E-state index contributed by atoms with van der Waals surface area (Å²) in [5.74, 6) is 3.00. The first-order valence-electron chi connectivity index (χ1n) is 7.42. The first-order valence-corrected chi connectivity index (χ1v) is 7.42. The van der Waals surface area contributed by atoms with E-state index in [2.05, 4.69) is 35.8 Å². The lowest BCUT2D eigenvalue weighted by Crippen LogP contribution is -2.37. The molecule has 0 aliphatic heterocycles. The monoisotopic (exact) mass is 249 g/mol. The number of aromatic nitrogens is 2. The molecule has 0 aromatic carbocycles. The van der Waals surface area contributed by atoms with Crippen molar-refractivity contribution in [3.63, 3.8) is 0 Å². The van der Waals surface area contributed by atoms with Gasteiger partial charge in [0.05, 0.1) is 0 Å². The van der Waals surface area contributed by atoms with Crippen LogP contribution in [-0.4, -0.2) is 22.1 Å². The Morgan fingerprint density at radius 2 is 2.28 bits per heavy atom. The van der Waals surface area contributed by atoms with E-state index < -0.39 is 0 Å². The van der Waals surface area contributed by atoms with Gasteiger partial charge in [-0.2, -0.15) is 0 Å². The third-order valence-corrected chi connectivity index (χ3v) is 4.26. The predicted octanol–water partition coefficient (Wildman–Crippen LogP) is 2.77. The molecule has 0 spiro atoms. The van der Waals surface area contributed by atoms with Gasteiger partial charge in [-0.25, -0.2) is 4.98 Å². The lowest BCUT2D eigenvalue weighted by molar-refractivity contribution is 0.323. The number of hydrogen-bond acceptors (Lipinski definition) is 2. The van der Waals surface area contributed by atoms with Crippen LogP contribution >= 0.6 is 0 Å². The maximum atomic E-state index is 4.42. The van der Waals surface area contributed by atoms with E-state index in [-0.39, 0.29) is 0 Å².